The highest BCUT2D eigenvalue weighted by Gasteiger charge is 2.37. The minimum Gasteiger partial charge on any atom is -0.479 e. The summed E-state index contributed by atoms with van der Waals surface area (Å²) in [5.41, 5.74) is 0. The molecule has 2 aliphatic heterocycles. The Morgan fingerprint density at radius 1 is 1.21 bits per heavy atom. The maximum atomic E-state index is 12.3. The van der Waals surface area contributed by atoms with E-state index >= 15 is 0 Å². The third-order valence-corrected chi connectivity index (χ3v) is 3.94. The molecular formula is C13H21NO5. The van der Waals surface area contributed by atoms with E-state index in [4.69, 9.17) is 14.9 Å². The zero-order chi connectivity index (χ0) is 13.8. The van der Waals surface area contributed by atoms with E-state index in [0.29, 0.717) is 38.3 Å². The van der Waals surface area contributed by atoms with E-state index in [1.54, 1.807) is 4.90 Å². The first-order valence-corrected chi connectivity index (χ1v) is 6.89. The summed E-state index contributed by atoms with van der Waals surface area (Å²) in [6.45, 7) is 1.50. The lowest BCUT2D eigenvalue weighted by molar-refractivity contribution is -0.155. The standard InChI is InChI=1S/C13H21NO5/c15-7-5-9-2-1-6-14(8-9)12(16)10-3-4-11(19-10)13(17)18/h9-11,15H,1-8H2,(H,17,18)/t9?,10-,11+/m0/s1. The van der Waals surface area contributed by atoms with E-state index in [1.807, 2.05) is 0 Å². The Labute approximate surface area is 112 Å². The fraction of sp³-hybridized carbons (Fsp3) is 0.846. The minimum absolute atomic E-state index is 0.0913. The van der Waals surface area contributed by atoms with Crippen LogP contribution in [-0.2, 0) is 14.3 Å². The Kier molecular flexibility index (Phi) is 4.76. The lowest BCUT2D eigenvalue weighted by atomic mass is 9.94. The summed E-state index contributed by atoms with van der Waals surface area (Å²) in [4.78, 5) is 24.8. The topological polar surface area (TPSA) is 87.1 Å². The molecule has 0 spiro atoms. The second-order valence-corrected chi connectivity index (χ2v) is 5.33. The Bertz CT molecular complexity index is 344. The van der Waals surface area contributed by atoms with Crippen LogP contribution in [0.5, 0.6) is 0 Å². The average molecular weight is 271 g/mol. The summed E-state index contributed by atoms with van der Waals surface area (Å²) in [6, 6.07) is 0. The van der Waals surface area contributed by atoms with E-state index in [1.165, 1.54) is 0 Å². The van der Waals surface area contributed by atoms with Gasteiger partial charge in [0, 0.05) is 19.7 Å². The maximum absolute atomic E-state index is 12.3. The predicted molar refractivity (Wildman–Crippen MR) is 66.5 cm³/mol. The Balaban J connectivity index is 1.87. The summed E-state index contributed by atoms with van der Waals surface area (Å²) in [6.07, 6.45) is 2.13. The van der Waals surface area contributed by atoms with Gasteiger partial charge in [-0.1, -0.05) is 0 Å². The zero-order valence-electron chi connectivity index (χ0n) is 11.0. The van der Waals surface area contributed by atoms with Crippen LogP contribution in [0.15, 0.2) is 0 Å². The van der Waals surface area contributed by atoms with Gasteiger partial charge in [-0.2, -0.15) is 0 Å². The van der Waals surface area contributed by atoms with Crippen LogP contribution in [-0.4, -0.2) is 58.9 Å². The largest absolute Gasteiger partial charge is 0.479 e. The molecule has 2 fully saturated rings. The van der Waals surface area contributed by atoms with Crippen LogP contribution < -0.4 is 0 Å². The van der Waals surface area contributed by atoms with Crippen molar-refractivity contribution in [1.82, 2.24) is 4.90 Å². The van der Waals surface area contributed by atoms with Crippen LogP contribution in [0.4, 0.5) is 0 Å². The molecule has 0 saturated carbocycles. The van der Waals surface area contributed by atoms with Crippen LogP contribution in [0, 0.1) is 5.92 Å². The number of aliphatic hydroxyl groups is 1. The molecule has 2 rings (SSSR count). The molecule has 2 N–H and O–H groups in total. The normalized spacial score (nSPS) is 31.4. The van der Waals surface area contributed by atoms with E-state index in [9.17, 15) is 9.59 Å². The van der Waals surface area contributed by atoms with Crippen LogP contribution >= 0.6 is 0 Å². The second kappa shape index (κ2) is 6.34. The van der Waals surface area contributed by atoms with Gasteiger partial charge >= 0.3 is 5.97 Å². The van der Waals surface area contributed by atoms with Crippen molar-refractivity contribution < 1.29 is 24.5 Å². The molecule has 0 aromatic rings. The Hall–Kier alpha value is -1.14. The first-order valence-electron chi connectivity index (χ1n) is 6.89. The number of carboxylic acids is 1. The molecule has 0 bridgehead atoms. The molecule has 0 aromatic carbocycles. The minimum atomic E-state index is -0.993. The van der Waals surface area contributed by atoms with Gasteiger partial charge < -0.3 is 19.8 Å². The monoisotopic (exact) mass is 271 g/mol. The number of nitrogens with zero attached hydrogens (tertiary/aromatic N) is 1. The molecule has 0 aliphatic carbocycles. The van der Waals surface area contributed by atoms with Gasteiger partial charge in [-0.05, 0) is 38.0 Å². The van der Waals surface area contributed by atoms with Crippen molar-refractivity contribution in [2.24, 2.45) is 5.92 Å². The number of hydrogen-bond acceptors (Lipinski definition) is 4. The third kappa shape index (κ3) is 3.45. The molecule has 2 aliphatic rings. The van der Waals surface area contributed by atoms with Crippen molar-refractivity contribution in [2.45, 2.75) is 44.3 Å². The molecule has 6 heteroatoms. The van der Waals surface area contributed by atoms with Gasteiger partial charge in [0.25, 0.3) is 5.91 Å². The third-order valence-electron chi connectivity index (χ3n) is 3.94. The zero-order valence-corrected chi connectivity index (χ0v) is 11.0. The first kappa shape index (κ1) is 14.3. The number of amides is 1. The molecule has 19 heavy (non-hydrogen) atoms. The molecule has 3 atom stereocenters. The number of aliphatic carboxylic acids is 1. The van der Waals surface area contributed by atoms with Crippen molar-refractivity contribution in [3.05, 3.63) is 0 Å². The van der Waals surface area contributed by atoms with Crippen LogP contribution in [0.1, 0.15) is 32.1 Å². The Morgan fingerprint density at radius 2 is 1.95 bits per heavy atom. The molecule has 1 unspecified atom stereocenters. The highest BCUT2D eigenvalue weighted by Crippen LogP contribution is 2.25. The van der Waals surface area contributed by atoms with E-state index in [0.717, 1.165) is 12.8 Å². The Morgan fingerprint density at radius 3 is 2.58 bits per heavy atom. The molecular weight excluding hydrogens is 250 g/mol. The SMILES string of the molecule is O=C(O)[C@H]1CC[C@@H](C(=O)N2CCCC(CCO)C2)O1. The number of carboxylic acid groups (broad SMARTS) is 1. The van der Waals surface area contributed by atoms with Crippen molar-refractivity contribution in [3.63, 3.8) is 0 Å². The number of carbonyl (C=O) groups excluding carboxylic acids is 1. The number of ether oxygens (including phenoxy) is 1. The molecule has 2 saturated heterocycles. The summed E-state index contributed by atoms with van der Waals surface area (Å²) in [7, 11) is 0. The molecule has 1 amide bonds. The van der Waals surface area contributed by atoms with Crippen molar-refractivity contribution in [1.29, 1.82) is 0 Å². The number of carbonyl (C=O) groups is 2. The average Bonchev–Trinajstić information content (AvgIpc) is 2.88. The summed E-state index contributed by atoms with van der Waals surface area (Å²) in [5.74, 6) is -0.738. The smallest absolute Gasteiger partial charge is 0.332 e. The van der Waals surface area contributed by atoms with E-state index in [2.05, 4.69) is 0 Å². The first-order chi connectivity index (χ1) is 9.11. The van der Waals surface area contributed by atoms with Crippen molar-refractivity contribution in [2.75, 3.05) is 19.7 Å². The number of hydrogen-bond donors (Lipinski definition) is 2. The van der Waals surface area contributed by atoms with Crippen LogP contribution in [0.3, 0.4) is 0 Å². The molecule has 108 valence electrons. The van der Waals surface area contributed by atoms with Crippen molar-refractivity contribution >= 4 is 11.9 Å². The van der Waals surface area contributed by atoms with Crippen LogP contribution in [0.2, 0.25) is 0 Å². The van der Waals surface area contributed by atoms with Gasteiger partial charge in [0.1, 0.15) is 6.10 Å². The molecule has 0 aromatic heterocycles. The number of likely N-dealkylation sites (tertiary alicyclic amines) is 1. The van der Waals surface area contributed by atoms with Gasteiger partial charge in [-0.25, -0.2) is 4.79 Å². The fourth-order valence-corrected chi connectivity index (χ4v) is 2.89. The van der Waals surface area contributed by atoms with Crippen molar-refractivity contribution in [3.8, 4) is 0 Å². The van der Waals surface area contributed by atoms with Gasteiger partial charge in [0.2, 0.25) is 0 Å². The van der Waals surface area contributed by atoms with E-state index < -0.39 is 18.2 Å². The molecule has 0 radical (unpaired) electrons. The quantitative estimate of drug-likeness (QED) is 0.765. The summed E-state index contributed by atoms with van der Waals surface area (Å²) >= 11 is 0. The number of piperidine rings is 1. The fourth-order valence-electron chi connectivity index (χ4n) is 2.89. The van der Waals surface area contributed by atoms with Gasteiger partial charge in [-0.3, -0.25) is 4.79 Å². The highest BCUT2D eigenvalue weighted by atomic mass is 16.5. The van der Waals surface area contributed by atoms with E-state index in [-0.39, 0.29) is 12.5 Å². The van der Waals surface area contributed by atoms with Gasteiger partial charge in [0.05, 0.1) is 0 Å². The molecule has 2 heterocycles. The molecule has 6 nitrogen and oxygen atoms in total. The lowest BCUT2D eigenvalue weighted by Gasteiger charge is -2.34. The number of rotatable bonds is 4. The number of aliphatic hydroxyl groups excluding tert-OH is 1. The van der Waals surface area contributed by atoms with Crippen LogP contribution in [0.25, 0.3) is 0 Å². The van der Waals surface area contributed by atoms with Gasteiger partial charge in [0.15, 0.2) is 6.10 Å². The van der Waals surface area contributed by atoms with Gasteiger partial charge in [-0.15, -0.1) is 0 Å². The predicted octanol–water partition coefficient (Wildman–Crippen LogP) is 0.240. The lowest BCUT2D eigenvalue weighted by Crippen LogP contribution is -2.45. The summed E-state index contributed by atoms with van der Waals surface area (Å²) < 4.78 is 5.29. The highest BCUT2D eigenvalue weighted by molar-refractivity contribution is 5.82. The summed E-state index contributed by atoms with van der Waals surface area (Å²) in [5, 5.41) is 17.8. The second-order valence-electron chi connectivity index (χ2n) is 5.33. The maximum Gasteiger partial charge on any atom is 0.332 e.